The first kappa shape index (κ1) is 29.3. The number of cyclic esters (lactones) is 1. The molecule has 0 spiro atoms. The van der Waals surface area contributed by atoms with Crippen molar-refractivity contribution in [2.45, 2.75) is 77.8 Å². The van der Waals surface area contributed by atoms with Gasteiger partial charge in [0.05, 0.1) is 12.5 Å². The molecule has 0 aromatic carbocycles. The van der Waals surface area contributed by atoms with Crippen LogP contribution in [0.15, 0.2) is 46.6 Å². The monoisotopic (exact) mass is 531 g/mol. The summed E-state index contributed by atoms with van der Waals surface area (Å²) in [5.74, 6) is -1.51. The Morgan fingerprint density at radius 3 is 2.74 bits per heavy atom. The molecule has 1 aromatic heterocycles. The quantitative estimate of drug-likeness (QED) is 0.533. The predicted octanol–water partition coefficient (Wildman–Crippen LogP) is 3.30. The Labute approximate surface area is 222 Å². The Kier molecular flexibility index (Phi) is 10.4. The van der Waals surface area contributed by atoms with Crippen LogP contribution in [-0.4, -0.2) is 70.3 Å². The zero-order valence-corrected chi connectivity index (χ0v) is 22.4. The zero-order chi connectivity index (χ0) is 27.8. The van der Waals surface area contributed by atoms with Crippen LogP contribution < -0.4 is 5.32 Å². The largest absolute Gasteiger partial charge is 0.460 e. The maximum absolute atomic E-state index is 14.6. The number of halogens is 1. The maximum atomic E-state index is 14.6. The van der Waals surface area contributed by atoms with Crippen molar-refractivity contribution in [1.29, 1.82) is 0 Å². The number of aliphatic hydroxyl groups is 1. The Bertz CT molecular complexity index is 1080. The Balaban J connectivity index is 1.85. The molecule has 0 saturated carbocycles. The van der Waals surface area contributed by atoms with Gasteiger partial charge in [0.15, 0.2) is 11.6 Å². The highest BCUT2D eigenvalue weighted by molar-refractivity contribution is 5.95. The lowest BCUT2D eigenvalue weighted by Gasteiger charge is -2.29. The highest BCUT2D eigenvalue weighted by Gasteiger charge is 2.38. The molecule has 2 bridgehead atoms. The van der Waals surface area contributed by atoms with E-state index in [-0.39, 0.29) is 48.7 Å². The average molecular weight is 532 g/mol. The van der Waals surface area contributed by atoms with Gasteiger partial charge < -0.3 is 24.5 Å². The molecule has 2 aliphatic rings. The summed E-state index contributed by atoms with van der Waals surface area (Å²) < 4.78 is 25.8. The Hall–Kier alpha value is -3.27. The third kappa shape index (κ3) is 8.11. The van der Waals surface area contributed by atoms with Gasteiger partial charge in [-0.25, -0.2) is 14.2 Å². The number of aliphatic hydroxyl groups excluding tert-OH is 1. The molecule has 1 aromatic rings. The highest BCUT2D eigenvalue weighted by Crippen LogP contribution is 2.25. The number of carbonyl (C=O) groups excluding carboxylic acids is 3. The summed E-state index contributed by atoms with van der Waals surface area (Å²) >= 11 is 0. The molecule has 3 heterocycles. The first-order valence-electron chi connectivity index (χ1n) is 13.1. The van der Waals surface area contributed by atoms with Crippen LogP contribution in [0.4, 0.5) is 4.39 Å². The third-order valence-corrected chi connectivity index (χ3v) is 6.66. The minimum atomic E-state index is -1.45. The summed E-state index contributed by atoms with van der Waals surface area (Å²) in [6, 6.07) is -0.768. The number of amides is 2. The number of alkyl halides is 1. The van der Waals surface area contributed by atoms with Crippen LogP contribution in [0.2, 0.25) is 0 Å². The van der Waals surface area contributed by atoms with Crippen molar-refractivity contribution < 1.29 is 33.0 Å². The molecule has 0 radical (unpaired) electrons. The van der Waals surface area contributed by atoms with Crippen LogP contribution in [0.1, 0.15) is 63.3 Å². The van der Waals surface area contributed by atoms with Gasteiger partial charge in [-0.1, -0.05) is 50.6 Å². The molecular weight excluding hydrogens is 493 g/mol. The van der Waals surface area contributed by atoms with Crippen molar-refractivity contribution in [2.75, 3.05) is 13.1 Å². The van der Waals surface area contributed by atoms with Crippen molar-refractivity contribution in [3.05, 3.63) is 53.8 Å². The molecule has 5 atom stereocenters. The van der Waals surface area contributed by atoms with Gasteiger partial charge in [0.25, 0.3) is 5.91 Å². The lowest BCUT2D eigenvalue weighted by molar-refractivity contribution is -0.158. The molecule has 2 N–H and O–H groups in total. The minimum Gasteiger partial charge on any atom is -0.460 e. The third-order valence-electron chi connectivity index (χ3n) is 6.66. The van der Waals surface area contributed by atoms with Gasteiger partial charge in [-0.2, -0.15) is 0 Å². The smallest absolute Gasteiger partial charge is 0.329 e. The molecule has 2 aliphatic heterocycles. The number of allylic oxidation sites excluding steroid dienone is 2. The summed E-state index contributed by atoms with van der Waals surface area (Å²) in [5.41, 5.74) is 0.710. The van der Waals surface area contributed by atoms with Crippen LogP contribution in [0.25, 0.3) is 0 Å². The van der Waals surface area contributed by atoms with E-state index >= 15 is 0 Å². The fourth-order valence-electron chi connectivity index (χ4n) is 4.74. The number of carbonyl (C=O) groups is 3. The molecule has 208 valence electrons. The molecule has 0 aliphatic carbocycles. The van der Waals surface area contributed by atoms with Crippen LogP contribution in [0.3, 0.4) is 0 Å². The SMILES string of the molecule is CC1=C\[C@@H](O)C[C@@H](F)Cc2nc(co2)C(=O)N2CCC[C@@H]2C(=O)O[C@H](C(C)C)[C@H](C)/C=C/C(=O)NC/C=C\1. The number of esters is 1. The van der Waals surface area contributed by atoms with E-state index in [2.05, 4.69) is 10.3 Å². The summed E-state index contributed by atoms with van der Waals surface area (Å²) in [6.45, 7) is 8.13. The molecule has 1 saturated heterocycles. The lowest BCUT2D eigenvalue weighted by Crippen LogP contribution is -2.44. The molecule has 3 rings (SSSR count). The summed E-state index contributed by atoms with van der Waals surface area (Å²) in [4.78, 5) is 44.1. The van der Waals surface area contributed by atoms with E-state index in [1.54, 1.807) is 25.2 Å². The van der Waals surface area contributed by atoms with Crippen LogP contribution in [0, 0.1) is 11.8 Å². The van der Waals surface area contributed by atoms with Gasteiger partial charge in [-0.3, -0.25) is 9.59 Å². The second kappa shape index (κ2) is 13.5. The number of rotatable bonds is 1. The number of oxazole rings is 1. The first-order chi connectivity index (χ1) is 18.0. The van der Waals surface area contributed by atoms with Gasteiger partial charge in [-0.15, -0.1) is 0 Å². The normalized spacial score (nSPS) is 31.7. The van der Waals surface area contributed by atoms with Crippen molar-refractivity contribution in [3.63, 3.8) is 0 Å². The van der Waals surface area contributed by atoms with Gasteiger partial charge >= 0.3 is 5.97 Å². The molecule has 38 heavy (non-hydrogen) atoms. The first-order valence-corrected chi connectivity index (χ1v) is 13.1. The number of hydrogen-bond donors (Lipinski definition) is 2. The molecule has 9 nitrogen and oxygen atoms in total. The number of nitrogens with one attached hydrogen (secondary N) is 1. The second-order valence-corrected chi connectivity index (χ2v) is 10.3. The van der Waals surface area contributed by atoms with Crippen LogP contribution >= 0.6 is 0 Å². The fraction of sp³-hybridized carbons (Fsp3) is 0.571. The van der Waals surface area contributed by atoms with Gasteiger partial charge in [0.2, 0.25) is 5.91 Å². The standard InChI is InChI=1S/C28H38FN3O6/c1-17(2)26-19(4)9-10-24(34)30-11-5-7-18(3)13-21(33)14-20(29)15-25-31-22(16-37-25)27(35)32-12-6-8-23(32)28(36)38-26/h5,7,9-10,13,16-17,19-21,23,26,33H,6,8,11-12,14-15H2,1-4H3,(H,30,34)/b7-5-,10-9+,18-13+/t19-,20-,21-,23-,26-/m1/s1. The fourth-order valence-corrected chi connectivity index (χ4v) is 4.74. The summed E-state index contributed by atoms with van der Waals surface area (Å²) in [5, 5.41) is 13.0. The summed E-state index contributed by atoms with van der Waals surface area (Å²) in [6.07, 6.45) is 7.01. The summed E-state index contributed by atoms with van der Waals surface area (Å²) in [7, 11) is 0. The number of nitrogens with zero attached hydrogens (tertiary/aromatic N) is 2. The van der Waals surface area contributed by atoms with Crippen molar-refractivity contribution >= 4 is 17.8 Å². The number of hydrogen-bond acceptors (Lipinski definition) is 7. The van der Waals surface area contributed by atoms with Crippen molar-refractivity contribution in [1.82, 2.24) is 15.2 Å². The van der Waals surface area contributed by atoms with Crippen molar-refractivity contribution in [3.8, 4) is 0 Å². The Morgan fingerprint density at radius 1 is 1.24 bits per heavy atom. The van der Waals surface area contributed by atoms with Crippen LogP contribution in [-0.2, 0) is 20.7 Å². The topological polar surface area (TPSA) is 122 Å². The molecule has 2 amide bonds. The van der Waals surface area contributed by atoms with Crippen molar-refractivity contribution in [2.24, 2.45) is 11.8 Å². The molecule has 0 unspecified atom stereocenters. The number of ether oxygens (including phenoxy) is 1. The number of aromatic nitrogens is 1. The zero-order valence-electron chi connectivity index (χ0n) is 22.4. The van der Waals surface area contributed by atoms with Gasteiger partial charge in [0.1, 0.15) is 24.6 Å². The average Bonchev–Trinajstić information content (AvgIpc) is 3.52. The highest BCUT2D eigenvalue weighted by atomic mass is 19.1. The Morgan fingerprint density at radius 2 is 2.00 bits per heavy atom. The predicted molar refractivity (Wildman–Crippen MR) is 139 cm³/mol. The van der Waals surface area contributed by atoms with E-state index in [1.165, 1.54) is 23.3 Å². The minimum absolute atomic E-state index is 0.00515. The van der Waals surface area contributed by atoms with Crippen LogP contribution in [0.5, 0.6) is 0 Å². The van der Waals surface area contributed by atoms with E-state index in [0.29, 0.717) is 25.0 Å². The number of fused-ring (bicyclic) bond motifs is 3. The lowest BCUT2D eigenvalue weighted by atomic mass is 9.94. The van der Waals surface area contributed by atoms with E-state index in [4.69, 9.17) is 9.15 Å². The van der Waals surface area contributed by atoms with Gasteiger partial charge in [-0.05, 0) is 31.8 Å². The molecule has 1 fully saturated rings. The van der Waals surface area contributed by atoms with E-state index < -0.39 is 36.3 Å². The van der Waals surface area contributed by atoms with E-state index in [1.807, 2.05) is 20.8 Å². The van der Waals surface area contributed by atoms with E-state index in [0.717, 1.165) is 0 Å². The molecular formula is C28H38FN3O6. The molecule has 10 heteroatoms. The van der Waals surface area contributed by atoms with Gasteiger partial charge in [0, 0.05) is 25.4 Å². The second-order valence-electron chi connectivity index (χ2n) is 10.3. The van der Waals surface area contributed by atoms with E-state index in [9.17, 15) is 23.9 Å². The maximum Gasteiger partial charge on any atom is 0.329 e.